The number of anilines is 1. The van der Waals surface area contributed by atoms with E-state index in [9.17, 15) is 14.6 Å². The number of imidazole rings is 1. The Morgan fingerprint density at radius 1 is 1.20 bits per heavy atom. The molecule has 1 aliphatic carbocycles. The molecule has 2 bridgehead atoms. The molecule has 240 valence electrons. The van der Waals surface area contributed by atoms with Gasteiger partial charge in [-0.05, 0) is 36.3 Å². The first-order valence-corrected chi connectivity index (χ1v) is 18.9. The maximum absolute atomic E-state index is 15.9. The summed E-state index contributed by atoms with van der Waals surface area (Å²) in [5.74, 6) is -1.04. The normalized spacial score (nSPS) is 36.0. The van der Waals surface area contributed by atoms with Crippen LogP contribution in [0.25, 0.3) is 22.2 Å². The lowest BCUT2D eigenvalue weighted by atomic mass is 9.70. The fourth-order valence-electron chi connectivity index (χ4n) is 5.90. The van der Waals surface area contributed by atoms with Crippen LogP contribution in [0.15, 0.2) is 30.9 Å². The van der Waals surface area contributed by atoms with E-state index in [0.717, 1.165) is 0 Å². The molecule has 0 spiro atoms. The van der Waals surface area contributed by atoms with Gasteiger partial charge < -0.3 is 34.7 Å². The average molecular weight is 703 g/mol. The summed E-state index contributed by atoms with van der Waals surface area (Å²) in [4.78, 5) is 46.6. The second-order valence-corrected chi connectivity index (χ2v) is 16.6. The molecule has 1 saturated carbocycles. The number of rotatable bonds is 3. The summed E-state index contributed by atoms with van der Waals surface area (Å²) in [5.41, 5.74) is 12.9. The number of halogens is 1. The maximum Gasteiger partial charge on any atom is 0.476 e. The molecule has 1 amide bonds. The monoisotopic (exact) mass is 702 g/mol. The van der Waals surface area contributed by atoms with Crippen molar-refractivity contribution in [3.05, 3.63) is 36.4 Å². The molecule has 3 fully saturated rings. The van der Waals surface area contributed by atoms with Crippen molar-refractivity contribution in [3.8, 4) is 0 Å². The summed E-state index contributed by atoms with van der Waals surface area (Å²) in [7, 11) is -3.96. The Morgan fingerprint density at radius 2 is 2.00 bits per heavy atom. The maximum atomic E-state index is 15.9. The molecular weight excluding hydrogens is 675 g/mol. The number of aromatic nitrogens is 7. The number of carbonyl (C=O) groups excluding carboxylic acids is 1. The van der Waals surface area contributed by atoms with Crippen LogP contribution in [0.4, 0.5) is 10.2 Å². The van der Waals surface area contributed by atoms with Crippen LogP contribution in [0.5, 0.6) is 0 Å². The number of thiol groups is 1. The zero-order valence-corrected chi connectivity index (χ0v) is 26.5. The van der Waals surface area contributed by atoms with Gasteiger partial charge in [0.2, 0.25) is 0 Å². The number of hydrogen-bond donors (Lipinski definition) is 5. The predicted octanol–water partition coefficient (Wildman–Crippen LogP) is 1.63. The number of nitrogen functional groups attached to an aromatic ring is 1. The lowest BCUT2D eigenvalue weighted by Gasteiger charge is -2.45. The fourth-order valence-corrected chi connectivity index (χ4v) is 8.55. The Kier molecular flexibility index (Phi) is 8.06. The van der Waals surface area contributed by atoms with E-state index < -0.39 is 51.0 Å². The molecule has 22 heteroatoms. The van der Waals surface area contributed by atoms with Crippen molar-refractivity contribution < 1.29 is 41.8 Å². The molecule has 2 saturated heterocycles. The van der Waals surface area contributed by atoms with Crippen LogP contribution in [0.1, 0.15) is 29.0 Å². The van der Waals surface area contributed by atoms with Crippen molar-refractivity contribution in [2.24, 2.45) is 17.6 Å². The molecule has 0 radical (unpaired) electrons. The largest absolute Gasteiger partial charge is 0.476 e. The minimum atomic E-state index is -3.96. The van der Waals surface area contributed by atoms with Gasteiger partial charge in [0.1, 0.15) is 30.1 Å². The summed E-state index contributed by atoms with van der Waals surface area (Å²) in [6, 6.07) is 4.40. The highest BCUT2D eigenvalue weighted by Crippen LogP contribution is 2.65. The number of alkyl halides is 1. The number of ether oxygens (including phenoxy) is 1. The quantitative estimate of drug-likeness (QED) is 0.151. The molecule has 9 atom stereocenters. The number of nitrogens with zero attached hydrogens (tertiary/aromatic N) is 7. The number of nitrogens with two attached hydrogens (primary N) is 2. The lowest BCUT2D eigenvalue weighted by Crippen LogP contribution is -2.43. The Balaban J connectivity index is 1.17. The van der Waals surface area contributed by atoms with Gasteiger partial charge in [0.05, 0.1) is 42.9 Å². The van der Waals surface area contributed by atoms with Crippen LogP contribution in [-0.2, 0) is 34.6 Å². The summed E-state index contributed by atoms with van der Waals surface area (Å²) < 4.78 is 47.7. The number of carbonyl (C=O) groups is 1. The molecule has 7 rings (SSSR count). The van der Waals surface area contributed by atoms with Crippen molar-refractivity contribution in [3.63, 3.8) is 0 Å². The van der Waals surface area contributed by atoms with Gasteiger partial charge in [0.25, 0.3) is 5.91 Å². The Bertz CT molecular complexity index is 1830. The highest BCUT2D eigenvalue weighted by atomic mass is 32.7. The van der Waals surface area contributed by atoms with Crippen LogP contribution >= 0.6 is 26.1 Å². The number of primary amides is 1. The van der Waals surface area contributed by atoms with E-state index in [2.05, 4.69) is 37.5 Å². The summed E-state index contributed by atoms with van der Waals surface area (Å²) in [6.07, 6.45) is -2.67. The molecule has 2 aliphatic heterocycles. The molecular formula is C23H27FN9O8P2S2+. The first-order chi connectivity index (χ1) is 21.4. The third-order valence-electron chi connectivity index (χ3n) is 8.21. The summed E-state index contributed by atoms with van der Waals surface area (Å²) in [5, 5.41) is 8.08. The van der Waals surface area contributed by atoms with E-state index in [1.54, 1.807) is 18.5 Å². The van der Waals surface area contributed by atoms with E-state index in [0.29, 0.717) is 17.6 Å². The zero-order chi connectivity index (χ0) is 31.7. The summed E-state index contributed by atoms with van der Waals surface area (Å²) in [6.45, 7) is -4.51. The Hall–Kier alpha value is -2.48. The number of hydrogen-bond acceptors (Lipinski definition) is 15. The van der Waals surface area contributed by atoms with E-state index in [1.165, 1.54) is 17.1 Å². The highest BCUT2D eigenvalue weighted by Gasteiger charge is 2.57. The smallest absolute Gasteiger partial charge is 0.382 e. The number of fused-ring (bicyclic) bond motifs is 5. The molecule has 5 heterocycles. The molecule has 45 heavy (non-hydrogen) atoms. The van der Waals surface area contributed by atoms with Gasteiger partial charge in [0, 0.05) is 12.0 Å². The van der Waals surface area contributed by atoms with Gasteiger partial charge in [0.15, 0.2) is 30.0 Å². The van der Waals surface area contributed by atoms with Gasteiger partial charge in [-0.25, -0.2) is 24.0 Å². The van der Waals surface area contributed by atoms with Gasteiger partial charge in [-0.15, -0.1) is 5.10 Å². The van der Waals surface area contributed by atoms with Gasteiger partial charge in [-0.3, -0.25) is 4.79 Å². The first-order valence-electron chi connectivity index (χ1n) is 13.6. The van der Waals surface area contributed by atoms with Crippen LogP contribution in [0, 0.1) is 11.8 Å². The second kappa shape index (κ2) is 11.6. The van der Waals surface area contributed by atoms with Gasteiger partial charge in [-0.1, -0.05) is 11.3 Å². The third kappa shape index (κ3) is 5.72. The van der Waals surface area contributed by atoms with Crippen LogP contribution in [0.2, 0.25) is 0 Å². The molecule has 4 aromatic rings. The van der Waals surface area contributed by atoms with E-state index in [-0.39, 0.29) is 53.5 Å². The van der Waals surface area contributed by atoms with E-state index in [1.807, 2.05) is 4.57 Å². The fraction of sp³-hybridized carbons (Fsp3) is 0.478. The van der Waals surface area contributed by atoms with Crippen LogP contribution in [0.3, 0.4) is 0 Å². The van der Waals surface area contributed by atoms with Crippen molar-refractivity contribution >= 4 is 71.8 Å². The van der Waals surface area contributed by atoms with E-state index >= 15 is 4.39 Å². The molecule has 1 aromatic carbocycles. The highest BCUT2D eigenvalue weighted by molar-refractivity contribution is 8.47. The minimum Gasteiger partial charge on any atom is -0.382 e. The van der Waals surface area contributed by atoms with Crippen LogP contribution in [-0.4, -0.2) is 88.4 Å². The Morgan fingerprint density at radius 3 is 2.80 bits per heavy atom. The zero-order valence-electron chi connectivity index (χ0n) is 23.0. The predicted molar refractivity (Wildman–Crippen MR) is 163 cm³/mol. The van der Waals surface area contributed by atoms with Crippen molar-refractivity contribution in [1.82, 2.24) is 34.5 Å². The topological polar surface area (TPSA) is 230 Å². The van der Waals surface area contributed by atoms with Crippen molar-refractivity contribution in [2.75, 3.05) is 25.6 Å². The number of benzene rings is 1. The number of amides is 1. The SMILES string of the molecule is NC(=O)c1cccc2c1nnn2[C@@H]1O[C@@H]2COP(O)(=S)OC[C@@H]3[C@@H](CO[P+](O)(S)O[C@@H]1[C@@H]2F)C[C@H]3n1cnc2c(N)ncnc21. The molecule has 3 aliphatic rings. The molecule has 2 unspecified atom stereocenters. The standard InChI is InChI=1S/C23H26FN9O8P2S2/c24-16-15-7-39-42(35,44)38-6-12-10(4-14(12)32-9-29-18-20(25)27-8-28-22(18)32)5-37-43(36,45)41-19(16)23(40-15)33-13-3-1-2-11(21(26)34)17(13)30-31-33/h1-3,8-10,12,14-16,19,23,36,45H,4-7H2,(H4-,25,26,27,28,34,35,44)/p+1/t10-,12-,14-,15-,16-,19-,23-,42?,43?/m1/s1. The Labute approximate surface area is 264 Å². The lowest BCUT2D eigenvalue weighted by molar-refractivity contribution is -0.0525. The first kappa shape index (κ1) is 31.1. The van der Waals surface area contributed by atoms with Crippen LogP contribution < -0.4 is 11.5 Å². The second-order valence-electron chi connectivity index (χ2n) is 10.8. The van der Waals surface area contributed by atoms with Gasteiger partial charge in [-0.2, -0.15) is 13.9 Å². The van der Waals surface area contributed by atoms with E-state index in [4.69, 9.17) is 46.1 Å². The van der Waals surface area contributed by atoms with Gasteiger partial charge >= 0.3 is 13.9 Å². The summed E-state index contributed by atoms with van der Waals surface area (Å²) >= 11 is 9.49. The minimum absolute atomic E-state index is 0.0515. The third-order valence-corrected chi connectivity index (χ3v) is 11.4. The molecule has 3 aromatic heterocycles. The molecule has 6 N–H and O–H groups in total. The average Bonchev–Trinajstić information content (AvgIpc) is 3.67. The van der Waals surface area contributed by atoms with Crippen molar-refractivity contribution in [1.29, 1.82) is 0 Å². The molecule has 17 nitrogen and oxygen atoms in total. The van der Waals surface area contributed by atoms with Crippen molar-refractivity contribution in [2.45, 2.75) is 37.1 Å².